The average molecular weight is 344 g/mol. The van der Waals surface area contributed by atoms with Gasteiger partial charge in [0.05, 0.1) is 19.8 Å². The van der Waals surface area contributed by atoms with Crippen LogP contribution >= 0.6 is 0 Å². The van der Waals surface area contributed by atoms with Crippen LogP contribution in [0, 0.1) is 0 Å². The molecule has 1 saturated heterocycles. The molecule has 1 fully saturated rings. The van der Waals surface area contributed by atoms with E-state index in [0.29, 0.717) is 11.3 Å². The Hall–Kier alpha value is -1.26. The lowest BCUT2D eigenvalue weighted by Gasteiger charge is -2.41. The molecule has 24 heavy (non-hydrogen) atoms. The Morgan fingerprint density at radius 1 is 1.08 bits per heavy atom. The second-order valence-corrected chi connectivity index (χ2v) is 5.76. The van der Waals surface area contributed by atoms with E-state index in [1.165, 1.54) is 7.11 Å². The molecule has 0 unspecified atom stereocenters. The summed E-state index contributed by atoms with van der Waals surface area (Å²) in [6.45, 7) is 1.04. The number of rotatable bonds is 6. The fourth-order valence-corrected chi connectivity index (χ4v) is 2.54. The zero-order chi connectivity index (χ0) is 17.9. The van der Waals surface area contributed by atoms with E-state index in [4.69, 9.17) is 19.3 Å². The van der Waals surface area contributed by atoms with E-state index in [1.807, 2.05) is 0 Å². The summed E-state index contributed by atoms with van der Waals surface area (Å²) in [4.78, 5) is 0. The highest BCUT2D eigenvalue weighted by molar-refractivity contribution is 5.28. The molecule has 5 N–H and O–H groups in total. The summed E-state index contributed by atoms with van der Waals surface area (Å²) in [6, 6.07) is 6.74. The monoisotopic (exact) mass is 344 g/mol. The number of hydrogen-bond donors (Lipinski definition) is 5. The zero-order valence-corrected chi connectivity index (χ0v) is 13.5. The largest absolute Gasteiger partial charge is 0.497 e. The first kappa shape index (κ1) is 19.1. The van der Waals surface area contributed by atoms with Gasteiger partial charge in [-0.05, 0) is 24.6 Å². The standard InChI is InChI=1S/C16H24O8/c1-8(12(18)9-3-5-10(22-2)6-4-9)23-16-15(21)14(20)13(19)11(7-17)24-16/h3-6,8,11-21H,7H2,1-2H3/t8-,11+,12-,13-,14-,15-,16-/m1/s1. The highest BCUT2D eigenvalue weighted by atomic mass is 16.7. The van der Waals surface area contributed by atoms with Crippen molar-refractivity contribution in [2.45, 2.75) is 49.8 Å². The minimum absolute atomic E-state index is 0.541. The predicted molar refractivity (Wildman–Crippen MR) is 82.3 cm³/mol. The highest BCUT2D eigenvalue weighted by Crippen LogP contribution is 2.27. The van der Waals surface area contributed by atoms with E-state index in [0.717, 1.165) is 0 Å². The Morgan fingerprint density at radius 3 is 2.25 bits per heavy atom. The van der Waals surface area contributed by atoms with E-state index >= 15 is 0 Å². The van der Waals surface area contributed by atoms with Crippen LogP contribution in [0.1, 0.15) is 18.6 Å². The lowest BCUT2D eigenvalue weighted by Crippen LogP contribution is -2.59. The Labute approximate surface area is 139 Å². The van der Waals surface area contributed by atoms with Gasteiger partial charge in [0, 0.05) is 0 Å². The van der Waals surface area contributed by atoms with Gasteiger partial charge >= 0.3 is 0 Å². The van der Waals surface area contributed by atoms with Crippen molar-refractivity contribution in [2.75, 3.05) is 13.7 Å². The molecule has 0 bridgehead atoms. The Morgan fingerprint density at radius 2 is 1.71 bits per heavy atom. The van der Waals surface area contributed by atoms with Crippen molar-refractivity contribution in [1.29, 1.82) is 0 Å². The maximum atomic E-state index is 10.3. The average Bonchev–Trinajstić information content (AvgIpc) is 2.61. The minimum Gasteiger partial charge on any atom is -0.497 e. The van der Waals surface area contributed by atoms with Crippen LogP contribution in [-0.2, 0) is 9.47 Å². The quantitative estimate of drug-likeness (QED) is 0.441. The molecule has 0 radical (unpaired) electrons. The predicted octanol–water partition coefficient (Wildman–Crippen LogP) is -1.07. The summed E-state index contributed by atoms with van der Waals surface area (Å²) in [5.74, 6) is 0.647. The number of methoxy groups -OCH3 is 1. The molecular weight excluding hydrogens is 320 g/mol. The molecular formula is C16H24O8. The normalized spacial score (nSPS) is 33.0. The number of aliphatic hydroxyl groups excluding tert-OH is 5. The van der Waals surface area contributed by atoms with Crippen molar-refractivity contribution in [1.82, 2.24) is 0 Å². The van der Waals surface area contributed by atoms with E-state index in [-0.39, 0.29) is 0 Å². The molecule has 1 aliphatic rings. The van der Waals surface area contributed by atoms with Gasteiger partial charge in [-0.3, -0.25) is 0 Å². The van der Waals surface area contributed by atoms with E-state index in [1.54, 1.807) is 31.2 Å². The molecule has 1 aliphatic heterocycles. The number of aliphatic hydroxyl groups is 5. The number of hydrogen-bond acceptors (Lipinski definition) is 8. The van der Waals surface area contributed by atoms with Crippen molar-refractivity contribution >= 4 is 0 Å². The molecule has 7 atom stereocenters. The summed E-state index contributed by atoms with van der Waals surface area (Å²) in [6.07, 6.45) is -8.61. The maximum Gasteiger partial charge on any atom is 0.187 e. The van der Waals surface area contributed by atoms with Gasteiger partial charge in [0.25, 0.3) is 0 Å². The molecule has 1 aromatic carbocycles. The minimum atomic E-state index is -1.52. The molecule has 0 aliphatic carbocycles. The molecule has 2 rings (SSSR count). The number of ether oxygens (including phenoxy) is 3. The van der Waals surface area contributed by atoms with Crippen molar-refractivity contribution in [3.8, 4) is 5.75 Å². The second-order valence-electron chi connectivity index (χ2n) is 5.76. The molecule has 0 spiro atoms. The van der Waals surface area contributed by atoms with Gasteiger partial charge in [0.2, 0.25) is 0 Å². The van der Waals surface area contributed by atoms with E-state index < -0.39 is 49.5 Å². The molecule has 1 aromatic rings. The van der Waals surface area contributed by atoms with E-state index in [9.17, 15) is 20.4 Å². The number of benzene rings is 1. The van der Waals surface area contributed by atoms with Crippen LogP contribution < -0.4 is 4.74 Å². The molecule has 8 heteroatoms. The third-order valence-corrected chi connectivity index (χ3v) is 4.10. The molecule has 136 valence electrons. The van der Waals surface area contributed by atoms with Crippen LogP contribution in [0.3, 0.4) is 0 Å². The maximum absolute atomic E-state index is 10.3. The lowest BCUT2D eigenvalue weighted by atomic mass is 9.99. The van der Waals surface area contributed by atoms with E-state index in [2.05, 4.69) is 0 Å². The third-order valence-electron chi connectivity index (χ3n) is 4.10. The van der Waals surface area contributed by atoms with Crippen LogP contribution in [0.5, 0.6) is 5.75 Å². The van der Waals surface area contributed by atoms with Gasteiger partial charge in [-0.2, -0.15) is 0 Å². The lowest BCUT2D eigenvalue weighted by molar-refractivity contribution is -0.315. The zero-order valence-electron chi connectivity index (χ0n) is 13.5. The molecule has 8 nitrogen and oxygen atoms in total. The third kappa shape index (κ3) is 4.04. The molecule has 0 amide bonds. The first-order chi connectivity index (χ1) is 11.4. The Balaban J connectivity index is 2.02. The topological polar surface area (TPSA) is 129 Å². The van der Waals surface area contributed by atoms with Crippen LogP contribution in [0.15, 0.2) is 24.3 Å². The highest BCUT2D eigenvalue weighted by Gasteiger charge is 2.44. The van der Waals surface area contributed by atoms with Crippen LogP contribution in [-0.4, -0.2) is 76.1 Å². The van der Waals surface area contributed by atoms with Crippen LogP contribution in [0.4, 0.5) is 0 Å². The van der Waals surface area contributed by atoms with Crippen molar-refractivity contribution in [2.24, 2.45) is 0 Å². The van der Waals surface area contributed by atoms with Crippen molar-refractivity contribution in [3.05, 3.63) is 29.8 Å². The Kier molecular flexibility index (Phi) is 6.53. The Bertz CT molecular complexity index is 505. The fraction of sp³-hybridized carbons (Fsp3) is 0.625. The summed E-state index contributed by atoms with van der Waals surface area (Å²) in [5.41, 5.74) is 0.577. The van der Waals surface area contributed by atoms with Gasteiger partial charge in [0.15, 0.2) is 6.29 Å². The summed E-state index contributed by atoms with van der Waals surface area (Å²) < 4.78 is 15.8. The van der Waals surface area contributed by atoms with Crippen LogP contribution in [0.2, 0.25) is 0 Å². The van der Waals surface area contributed by atoms with Gasteiger partial charge < -0.3 is 39.7 Å². The summed E-state index contributed by atoms with van der Waals surface area (Å²) in [5, 5.41) is 48.9. The van der Waals surface area contributed by atoms with Gasteiger partial charge in [0.1, 0.15) is 36.3 Å². The summed E-state index contributed by atoms with van der Waals surface area (Å²) in [7, 11) is 1.54. The summed E-state index contributed by atoms with van der Waals surface area (Å²) >= 11 is 0. The SMILES string of the molecule is COc1ccc([C@H](O)[C@@H](C)O[C@@H]2O[C@@H](CO)[C@@H](O)[C@@H](O)[C@H]2O)cc1. The fourth-order valence-electron chi connectivity index (χ4n) is 2.54. The van der Waals surface area contributed by atoms with Crippen molar-refractivity contribution < 1.29 is 39.7 Å². The first-order valence-corrected chi connectivity index (χ1v) is 7.67. The molecule has 0 aromatic heterocycles. The van der Waals surface area contributed by atoms with Gasteiger partial charge in [-0.25, -0.2) is 0 Å². The smallest absolute Gasteiger partial charge is 0.187 e. The van der Waals surface area contributed by atoms with Gasteiger partial charge in [-0.15, -0.1) is 0 Å². The van der Waals surface area contributed by atoms with Gasteiger partial charge in [-0.1, -0.05) is 12.1 Å². The second kappa shape index (κ2) is 8.21. The molecule has 1 heterocycles. The van der Waals surface area contributed by atoms with Crippen LogP contribution in [0.25, 0.3) is 0 Å². The first-order valence-electron chi connectivity index (χ1n) is 7.67. The van der Waals surface area contributed by atoms with Crippen molar-refractivity contribution in [3.63, 3.8) is 0 Å². The molecule has 0 saturated carbocycles.